The van der Waals surface area contributed by atoms with Gasteiger partial charge in [-0.25, -0.2) is 9.38 Å². The highest BCUT2D eigenvalue weighted by Crippen LogP contribution is 2.21. The van der Waals surface area contributed by atoms with Crippen molar-refractivity contribution in [2.45, 2.75) is 20.0 Å². The molecule has 120 valence electrons. The third-order valence-corrected chi connectivity index (χ3v) is 4.36. The maximum atomic E-state index is 12.9. The highest BCUT2D eigenvalue weighted by atomic mass is 127. The molecule has 22 heavy (non-hydrogen) atoms. The van der Waals surface area contributed by atoms with Crippen LogP contribution in [0.25, 0.3) is 0 Å². The summed E-state index contributed by atoms with van der Waals surface area (Å²) >= 11 is 5.14. The first-order valence-corrected chi connectivity index (χ1v) is 8.29. The molecule has 0 aliphatic heterocycles. The molecule has 0 aliphatic rings. The van der Waals surface area contributed by atoms with Crippen LogP contribution in [0.5, 0.6) is 0 Å². The van der Waals surface area contributed by atoms with E-state index in [4.69, 9.17) is 0 Å². The fourth-order valence-electron chi connectivity index (χ4n) is 1.72. The van der Waals surface area contributed by atoms with E-state index < -0.39 is 0 Å². The van der Waals surface area contributed by atoms with Crippen LogP contribution in [0, 0.1) is 5.82 Å². The van der Waals surface area contributed by atoms with Gasteiger partial charge in [-0.3, -0.25) is 0 Å². The molecule has 1 aromatic heterocycles. The number of nitrogens with one attached hydrogen (secondary N) is 2. The molecular weight excluding hydrogens is 480 g/mol. The van der Waals surface area contributed by atoms with E-state index in [0.717, 1.165) is 28.4 Å². The first-order chi connectivity index (χ1) is 10.2. The molecule has 2 N–H and O–H groups in total. The molecule has 2 aromatic rings. The van der Waals surface area contributed by atoms with Gasteiger partial charge >= 0.3 is 0 Å². The van der Waals surface area contributed by atoms with Crippen molar-refractivity contribution in [2.75, 3.05) is 6.54 Å². The lowest BCUT2D eigenvalue weighted by atomic mass is 10.2. The number of benzene rings is 1. The molecule has 0 radical (unpaired) electrons. The van der Waals surface area contributed by atoms with E-state index in [2.05, 4.69) is 37.6 Å². The summed E-state index contributed by atoms with van der Waals surface area (Å²) in [6, 6.07) is 10.5. The van der Waals surface area contributed by atoms with Crippen molar-refractivity contribution in [2.24, 2.45) is 4.99 Å². The molecule has 0 atom stereocenters. The number of aliphatic imine (C=N–C) groups is 1. The summed E-state index contributed by atoms with van der Waals surface area (Å²) in [6.45, 7) is 4.06. The topological polar surface area (TPSA) is 36.4 Å². The van der Waals surface area contributed by atoms with Gasteiger partial charge < -0.3 is 10.6 Å². The molecule has 2 rings (SSSR count). The van der Waals surface area contributed by atoms with Crippen LogP contribution in [-0.4, -0.2) is 12.5 Å². The molecule has 1 aromatic carbocycles. The third kappa shape index (κ3) is 6.62. The second kappa shape index (κ2) is 10.2. The maximum absolute atomic E-state index is 12.9. The molecule has 0 amide bonds. The van der Waals surface area contributed by atoms with E-state index in [1.807, 2.05) is 13.0 Å². The quantitative estimate of drug-likeness (QED) is 0.362. The summed E-state index contributed by atoms with van der Waals surface area (Å²) in [6.07, 6.45) is 0. The Hall–Kier alpha value is -0.670. The predicted molar refractivity (Wildman–Crippen MR) is 105 cm³/mol. The van der Waals surface area contributed by atoms with Gasteiger partial charge in [-0.15, -0.1) is 35.3 Å². The number of rotatable bonds is 5. The van der Waals surface area contributed by atoms with Crippen LogP contribution in [0.2, 0.25) is 0 Å². The monoisotopic (exact) mass is 497 g/mol. The van der Waals surface area contributed by atoms with Gasteiger partial charge in [0.25, 0.3) is 0 Å². The van der Waals surface area contributed by atoms with Crippen molar-refractivity contribution < 1.29 is 4.39 Å². The van der Waals surface area contributed by atoms with Crippen molar-refractivity contribution in [3.8, 4) is 0 Å². The minimum atomic E-state index is -0.226. The molecule has 0 saturated heterocycles. The van der Waals surface area contributed by atoms with Crippen LogP contribution >= 0.6 is 51.2 Å². The van der Waals surface area contributed by atoms with Gasteiger partial charge in [0.15, 0.2) is 5.96 Å². The molecule has 0 unspecified atom stereocenters. The summed E-state index contributed by atoms with van der Waals surface area (Å²) in [5, 5.41) is 6.49. The van der Waals surface area contributed by atoms with Gasteiger partial charge in [-0.05, 0) is 52.7 Å². The Labute approximate surface area is 159 Å². The Morgan fingerprint density at radius 1 is 1.18 bits per heavy atom. The molecule has 0 saturated carbocycles. The first kappa shape index (κ1) is 19.4. The lowest BCUT2D eigenvalue weighted by Gasteiger charge is -2.10. The Morgan fingerprint density at radius 3 is 2.50 bits per heavy atom. The van der Waals surface area contributed by atoms with Gasteiger partial charge in [-0.2, -0.15) is 0 Å². The van der Waals surface area contributed by atoms with Gasteiger partial charge in [0.2, 0.25) is 0 Å². The van der Waals surface area contributed by atoms with Gasteiger partial charge in [0.1, 0.15) is 5.82 Å². The van der Waals surface area contributed by atoms with Crippen LogP contribution in [0.4, 0.5) is 4.39 Å². The molecular formula is C15H18BrFIN3S. The Kier molecular flexibility index (Phi) is 8.96. The van der Waals surface area contributed by atoms with E-state index in [0.29, 0.717) is 6.54 Å². The zero-order chi connectivity index (χ0) is 15.1. The van der Waals surface area contributed by atoms with Crippen LogP contribution in [0.1, 0.15) is 17.4 Å². The number of halogens is 3. The molecule has 0 bridgehead atoms. The van der Waals surface area contributed by atoms with Gasteiger partial charge in [0, 0.05) is 11.4 Å². The number of hydrogen-bond donors (Lipinski definition) is 2. The molecule has 7 heteroatoms. The summed E-state index contributed by atoms with van der Waals surface area (Å²) in [4.78, 5) is 5.73. The van der Waals surface area contributed by atoms with Crippen molar-refractivity contribution in [1.29, 1.82) is 0 Å². The minimum Gasteiger partial charge on any atom is -0.357 e. The van der Waals surface area contributed by atoms with Crippen molar-refractivity contribution in [3.63, 3.8) is 0 Å². The zero-order valence-electron chi connectivity index (χ0n) is 12.1. The number of nitrogens with zero attached hydrogens (tertiary/aromatic N) is 1. The second-order valence-corrected chi connectivity index (χ2v) is 6.93. The smallest absolute Gasteiger partial charge is 0.191 e. The van der Waals surface area contributed by atoms with Crippen molar-refractivity contribution in [3.05, 3.63) is 56.4 Å². The van der Waals surface area contributed by atoms with E-state index in [1.165, 1.54) is 17.0 Å². The second-order valence-electron chi connectivity index (χ2n) is 4.38. The predicted octanol–water partition coefficient (Wildman–Crippen LogP) is 4.52. The van der Waals surface area contributed by atoms with E-state index in [1.54, 1.807) is 23.5 Å². The SMILES string of the molecule is CCNC(=NCc1ccc(F)cc1)NCc1ccc(Br)s1.I. The lowest BCUT2D eigenvalue weighted by Crippen LogP contribution is -2.36. The number of hydrogen-bond acceptors (Lipinski definition) is 2. The fraction of sp³-hybridized carbons (Fsp3) is 0.267. The van der Waals surface area contributed by atoms with E-state index in [-0.39, 0.29) is 29.8 Å². The average molecular weight is 498 g/mol. The van der Waals surface area contributed by atoms with Gasteiger partial charge in [0.05, 0.1) is 16.9 Å². The molecule has 0 aliphatic carbocycles. The van der Waals surface area contributed by atoms with Crippen molar-refractivity contribution >= 4 is 57.2 Å². The zero-order valence-corrected chi connectivity index (χ0v) is 16.8. The standard InChI is InChI=1S/C15H17BrFN3S.HI/c1-2-18-15(20-10-13-7-8-14(16)21-13)19-9-11-3-5-12(17)6-4-11;/h3-8H,2,9-10H2,1H3,(H2,18,19,20);1H. The first-order valence-electron chi connectivity index (χ1n) is 6.68. The van der Waals surface area contributed by atoms with E-state index in [9.17, 15) is 4.39 Å². The highest BCUT2D eigenvalue weighted by Gasteiger charge is 2.01. The number of thiophene rings is 1. The molecule has 3 nitrogen and oxygen atoms in total. The number of guanidine groups is 1. The average Bonchev–Trinajstić information content (AvgIpc) is 2.89. The highest BCUT2D eigenvalue weighted by molar-refractivity contribution is 14.0. The maximum Gasteiger partial charge on any atom is 0.191 e. The summed E-state index contributed by atoms with van der Waals surface area (Å²) in [5.41, 5.74) is 0.979. The largest absolute Gasteiger partial charge is 0.357 e. The van der Waals surface area contributed by atoms with Crippen LogP contribution in [0.15, 0.2) is 45.2 Å². The fourth-order valence-corrected chi connectivity index (χ4v) is 3.14. The molecule has 0 fully saturated rings. The Bertz CT molecular complexity index is 601. The molecule has 0 spiro atoms. The van der Waals surface area contributed by atoms with Gasteiger partial charge in [-0.1, -0.05) is 12.1 Å². The Morgan fingerprint density at radius 2 is 1.91 bits per heavy atom. The normalized spacial score (nSPS) is 11.0. The van der Waals surface area contributed by atoms with Crippen LogP contribution < -0.4 is 10.6 Å². The Balaban J connectivity index is 0.00000242. The van der Waals surface area contributed by atoms with Crippen LogP contribution in [0.3, 0.4) is 0 Å². The molecule has 1 heterocycles. The lowest BCUT2D eigenvalue weighted by molar-refractivity contribution is 0.627. The van der Waals surface area contributed by atoms with Crippen LogP contribution in [-0.2, 0) is 13.1 Å². The third-order valence-electron chi connectivity index (χ3n) is 2.74. The summed E-state index contributed by atoms with van der Waals surface area (Å²) in [7, 11) is 0. The summed E-state index contributed by atoms with van der Waals surface area (Å²) in [5.74, 6) is 0.530. The van der Waals surface area contributed by atoms with Crippen molar-refractivity contribution in [1.82, 2.24) is 10.6 Å². The van der Waals surface area contributed by atoms with E-state index >= 15 is 0 Å². The minimum absolute atomic E-state index is 0. The summed E-state index contributed by atoms with van der Waals surface area (Å²) < 4.78 is 14.0.